The molecule has 1 heterocycles. The number of halogens is 1. The minimum atomic E-state index is -0.563. The lowest BCUT2D eigenvalue weighted by atomic mass is 10.1. The van der Waals surface area contributed by atoms with Crippen LogP contribution in [0.4, 0.5) is 5.69 Å². The zero-order valence-electron chi connectivity index (χ0n) is 15.0. The van der Waals surface area contributed by atoms with Crippen molar-refractivity contribution in [1.82, 2.24) is 4.57 Å². The molecule has 1 N–H and O–H groups in total. The number of aromatic nitrogens is 1. The van der Waals surface area contributed by atoms with Gasteiger partial charge in [0.15, 0.2) is 12.3 Å². The number of ether oxygens (including phenoxy) is 1. The third-order valence-corrected chi connectivity index (χ3v) is 4.68. The summed E-state index contributed by atoms with van der Waals surface area (Å²) in [6.07, 6.45) is 0. The molecule has 0 unspecified atom stereocenters. The van der Waals surface area contributed by atoms with E-state index in [0.29, 0.717) is 16.2 Å². The number of carbonyl (C=O) groups is 1. The monoisotopic (exact) mass is 393 g/mol. The Bertz CT molecular complexity index is 1230. The van der Waals surface area contributed by atoms with E-state index in [1.54, 1.807) is 35.9 Å². The Kier molecular flexibility index (Phi) is 4.71. The molecule has 1 aromatic heterocycles. The van der Waals surface area contributed by atoms with Gasteiger partial charge in [0, 0.05) is 17.5 Å². The fourth-order valence-corrected chi connectivity index (χ4v) is 3.19. The Labute approximate surface area is 165 Å². The van der Waals surface area contributed by atoms with Crippen molar-refractivity contribution in [2.75, 3.05) is 6.61 Å². The molecule has 0 aliphatic carbocycles. The molecule has 0 radical (unpaired) electrons. The summed E-state index contributed by atoms with van der Waals surface area (Å²) in [5.41, 5.74) is 0.926. The highest BCUT2D eigenvalue weighted by atomic mass is 35.5. The Morgan fingerprint density at radius 1 is 1.11 bits per heavy atom. The lowest BCUT2D eigenvalue weighted by molar-refractivity contribution is -0.120. The number of amides is 1. The number of aryl methyl sites for hydroxylation is 1. The summed E-state index contributed by atoms with van der Waals surface area (Å²) in [6.45, 7) is -0.256. The molecule has 0 aliphatic rings. The fourth-order valence-electron chi connectivity index (χ4n) is 3.02. The van der Waals surface area contributed by atoms with Crippen LogP contribution in [0.2, 0.25) is 5.02 Å². The van der Waals surface area contributed by atoms with Crippen molar-refractivity contribution in [2.45, 2.75) is 0 Å². The summed E-state index contributed by atoms with van der Waals surface area (Å²) >= 11 is 6.02. The lowest BCUT2D eigenvalue weighted by Crippen LogP contribution is -2.07. The number of benzene rings is 3. The maximum atomic E-state index is 12.1. The average Bonchev–Trinajstić information content (AvgIpc) is 2.94. The Balaban J connectivity index is 1.50. The number of rotatable bonds is 4. The van der Waals surface area contributed by atoms with Gasteiger partial charge in [-0.15, -0.1) is 10.2 Å². The van der Waals surface area contributed by atoms with E-state index in [1.165, 1.54) is 0 Å². The molecule has 0 spiro atoms. The van der Waals surface area contributed by atoms with Gasteiger partial charge in [0.2, 0.25) is 5.88 Å². The molecule has 140 valence electrons. The topological polar surface area (TPSA) is 76.2 Å². The Morgan fingerprint density at radius 3 is 2.71 bits per heavy atom. The molecule has 7 heteroatoms. The predicted octanol–water partition coefficient (Wildman–Crippen LogP) is 5.38. The van der Waals surface area contributed by atoms with Crippen molar-refractivity contribution < 1.29 is 14.6 Å². The van der Waals surface area contributed by atoms with E-state index in [4.69, 9.17) is 16.3 Å². The van der Waals surface area contributed by atoms with Crippen molar-refractivity contribution in [3.05, 3.63) is 65.7 Å². The molecule has 0 aliphatic heterocycles. The average molecular weight is 394 g/mol. The molecule has 28 heavy (non-hydrogen) atoms. The highest BCUT2D eigenvalue weighted by Crippen LogP contribution is 2.39. The minimum absolute atomic E-state index is 0.0933. The first-order chi connectivity index (χ1) is 13.5. The first kappa shape index (κ1) is 18.0. The Hall–Kier alpha value is -3.38. The third kappa shape index (κ3) is 3.42. The van der Waals surface area contributed by atoms with Crippen LogP contribution in [-0.4, -0.2) is 22.2 Å². The number of nitrogens with zero attached hydrogens (tertiary/aromatic N) is 3. The van der Waals surface area contributed by atoms with Gasteiger partial charge in [-0.2, -0.15) is 0 Å². The standard InChI is InChI=1S/C21H16ClN3O3/c1-25-18-9-7-15(22)11-17(18)20(21(25)27)24-23-19(26)12-28-16-8-6-13-4-2-3-5-14(13)10-16/h2-11,27H,12H2,1H3. The van der Waals surface area contributed by atoms with E-state index in [0.717, 1.165) is 16.3 Å². The van der Waals surface area contributed by atoms with Crippen LogP contribution in [-0.2, 0) is 11.8 Å². The SMILES string of the molecule is Cn1c(O)c(N=NC(=O)COc2ccc3ccccc3c2)c2cc(Cl)ccc21. The van der Waals surface area contributed by atoms with Crippen molar-refractivity contribution in [2.24, 2.45) is 17.3 Å². The highest BCUT2D eigenvalue weighted by Gasteiger charge is 2.15. The minimum Gasteiger partial charge on any atom is -0.493 e. The van der Waals surface area contributed by atoms with Crippen LogP contribution in [0.1, 0.15) is 0 Å². The van der Waals surface area contributed by atoms with Crippen LogP contribution in [0.15, 0.2) is 70.9 Å². The zero-order valence-corrected chi connectivity index (χ0v) is 15.7. The van der Waals surface area contributed by atoms with Crippen molar-refractivity contribution in [3.8, 4) is 11.6 Å². The number of carbonyl (C=O) groups excluding carboxylic acids is 1. The fraction of sp³-hybridized carbons (Fsp3) is 0.0952. The van der Waals surface area contributed by atoms with E-state index < -0.39 is 5.91 Å². The molecule has 0 fully saturated rings. The van der Waals surface area contributed by atoms with E-state index in [2.05, 4.69) is 10.2 Å². The number of hydrogen-bond donors (Lipinski definition) is 1. The number of fused-ring (bicyclic) bond motifs is 2. The van der Waals surface area contributed by atoms with Gasteiger partial charge in [0.1, 0.15) is 5.75 Å². The quantitative estimate of drug-likeness (QED) is 0.473. The van der Waals surface area contributed by atoms with Crippen molar-refractivity contribution in [1.29, 1.82) is 0 Å². The molecule has 3 aromatic carbocycles. The molecule has 0 bridgehead atoms. The van der Waals surface area contributed by atoms with Gasteiger partial charge in [0.05, 0.1) is 5.52 Å². The second-order valence-electron chi connectivity index (χ2n) is 6.28. The summed E-state index contributed by atoms with van der Waals surface area (Å²) in [5.74, 6) is -0.0853. The molecule has 1 amide bonds. The van der Waals surface area contributed by atoms with Crippen LogP contribution >= 0.6 is 11.6 Å². The molecule has 0 saturated carbocycles. The van der Waals surface area contributed by atoms with Crippen LogP contribution in [0, 0.1) is 0 Å². The van der Waals surface area contributed by atoms with E-state index in [9.17, 15) is 9.90 Å². The van der Waals surface area contributed by atoms with Crippen LogP contribution < -0.4 is 4.74 Å². The maximum absolute atomic E-state index is 12.1. The van der Waals surface area contributed by atoms with Gasteiger partial charge in [-0.1, -0.05) is 41.9 Å². The highest BCUT2D eigenvalue weighted by molar-refractivity contribution is 6.31. The molecule has 4 rings (SSSR count). The van der Waals surface area contributed by atoms with Gasteiger partial charge in [-0.3, -0.25) is 4.79 Å². The first-order valence-corrected chi connectivity index (χ1v) is 8.94. The molecule has 0 atom stereocenters. The van der Waals surface area contributed by atoms with Crippen molar-refractivity contribution in [3.63, 3.8) is 0 Å². The zero-order chi connectivity index (χ0) is 19.7. The number of aromatic hydroxyl groups is 1. The van der Waals surface area contributed by atoms with E-state index in [-0.39, 0.29) is 18.2 Å². The van der Waals surface area contributed by atoms with Gasteiger partial charge >= 0.3 is 5.91 Å². The molecule has 0 saturated heterocycles. The first-order valence-electron chi connectivity index (χ1n) is 8.56. The Morgan fingerprint density at radius 2 is 1.89 bits per heavy atom. The molecular weight excluding hydrogens is 378 g/mol. The summed E-state index contributed by atoms with van der Waals surface area (Å²) in [7, 11) is 1.69. The summed E-state index contributed by atoms with van der Waals surface area (Å²) in [6, 6.07) is 18.6. The largest absolute Gasteiger partial charge is 0.493 e. The number of hydrogen-bond acceptors (Lipinski definition) is 4. The van der Waals surface area contributed by atoms with Crippen LogP contribution in [0.3, 0.4) is 0 Å². The third-order valence-electron chi connectivity index (χ3n) is 4.45. The van der Waals surface area contributed by atoms with Gasteiger partial charge < -0.3 is 14.4 Å². The van der Waals surface area contributed by atoms with Gasteiger partial charge in [-0.25, -0.2) is 0 Å². The van der Waals surface area contributed by atoms with E-state index in [1.807, 2.05) is 36.4 Å². The van der Waals surface area contributed by atoms with Crippen molar-refractivity contribution >= 4 is 44.9 Å². The molecule has 6 nitrogen and oxygen atoms in total. The summed E-state index contributed by atoms with van der Waals surface area (Å²) in [5, 5.41) is 21.1. The lowest BCUT2D eigenvalue weighted by Gasteiger charge is -2.04. The smallest absolute Gasteiger partial charge is 0.302 e. The summed E-state index contributed by atoms with van der Waals surface area (Å²) < 4.78 is 7.07. The summed E-state index contributed by atoms with van der Waals surface area (Å²) in [4.78, 5) is 12.1. The second-order valence-corrected chi connectivity index (χ2v) is 6.72. The van der Waals surface area contributed by atoms with Crippen LogP contribution in [0.25, 0.3) is 21.7 Å². The molecular formula is C21H16ClN3O3. The van der Waals surface area contributed by atoms with Crippen LogP contribution in [0.5, 0.6) is 11.6 Å². The predicted molar refractivity (Wildman–Crippen MR) is 109 cm³/mol. The molecule has 4 aromatic rings. The maximum Gasteiger partial charge on any atom is 0.302 e. The number of azo groups is 1. The van der Waals surface area contributed by atoms with Gasteiger partial charge in [0.25, 0.3) is 0 Å². The second kappa shape index (κ2) is 7.32. The normalized spacial score (nSPS) is 11.5. The van der Waals surface area contributed by atoms with E-state index >= 15 is 0 Å². The van der Waals surface area contributed by atoms with Gasteiger partial charge in [-0.05, 0) is 41.1 Å².